The van der Waals surface area contributed by atoms with Crippen molar-refractivity contribution in [2.75, 3.05) is 25.1 Å². The number of carbonyl (C=O) groups is 1. The molecule has 0 radical (unpaired) electrons. The number of benzene rings is 1. The van der Waals surface area contributed by atoms with Crippen molar-refractivity contribution >= 4 is 17.3 Å². The zero-order valence-corrected chi connectivity index (χ0v) is 10.5. The number of anilines is 2. The maximum Gasteiger partial charge on any atom is 0.255 e. The molecule has 1 amide bonds. The minimum absolute atomic E-state index is 0.103. The van der Waals surface area contributed by atoms with Crippen LogP contribution in [-0.4, -0.2) is 35.6 Å². The van der Waals surface area contributed by atoms with Crippen LogP contribution in [0, 0.1) is 5.92 Å². The molecule has 0 bridgehead atoms. The van der Waals surface area contributed by atoms with E-state index in [1.54, 1.807) is 30.1 Å². The van der Waals surface area contributed by atoms with Crippen molar-refractivity contribution in [3.8, 4) is 0 Å². The first-order valence-corrected chi connectivity index (χ1v) is 6.06. The lowest BCUT2D eigenvalue weighted by atomic mass is 9.82. The van der Waals surface area contributed by atoms with Crippen molar-refractivity contribution in [3.63, 3.8) is 0 Å². The predicted molar refractivity (Wildman–Crippen MR) is 71.0 cm³/mol. The quantitative estimate of drug-likeness (QED) is 0.687. The Balaban J connectivity index is 2.01. The van der Waals surface area contributed by atoms with Crippen LogP contribution in [0.25, 0.3) is 0 Å². The number of carbonyl (C=O) groups excluding carboxylic acids is 1. The van der Waals surface area contributed by atoms with Crippen molar-refractivity contribution in [2.45, 2.75) is 18.9 Å². The van der Waals surface area contributed by atoms with E-state index in [-0.39, 0.29) is 12.0 Å². The number of amides is 1. The van der Waals surface area contributed by atoms with E-state index in [1.807, 2.05) is 0 Å². The third kappa shape index (κ3) is 2.56. The zero-order valence-electron chi connectivity index (χ0n) is 10.5. The Morgan fingerprint density at radius 2 is 2.11 bits per heavy atom. The van der Waals surface area contributed by atoms with E-state index >= 15 is 0 Å². The topological polar surface area (TPSA) is 92.6 Å². The minimum atomic E-state index is -0.194. The Kier molecular flexibility index (Phi) is 3.43. The standard InChI is InChI=1S/C13H19N3O2/c1-16(7-8-4-10(17)5-8)13(18)11-3-2-9(14)6-12(11)15/h2-3,6,8,10,17H,4-5,7,14-15H2,1H3. The van der Waals surface area contributed by atoms with Gasteiger partial charge in [-0.3, -0.25) is 4.79 Å². The van der Waals surface area contributed by atoms with Gasteiger partial charge in [-0.1, -0.05) is 0 Å². The number of hydrogen-bond acceptors (Lipinski definition) is 4. The highest BCUT2D eigenvalue weighted by Gasteiger charge is 2.29. The maximum absolute atomic E-state index is 12.2. The van der Waals surface area contributed by atoms with Crippen LogP contribution in [0.1, 0.15) is 23.2 Å². The average molecular weight is 249 g/mol. The Hall–Kier alpha value is -1.75. The van der Waals surface area contributed by atoms with E-state index in [1.165, 1.54) is 0 Å². The fourth-order valence-electron chi connectivity index (χ4n) is 2.30. The van der Waals surface area contributed by atoms with Gasteiger partial charge in [0.15, 0.2) is 0 Å². The van der Waals surface area contributed by atoms with E-state index in [0.29, 0.717) is 29.4 Å². The summed E-state index contributed by atoms with van der Waals surface area (Å²) in [6.45, 7) is 0.652. The highest BCUT2D eigenvalue weighted by molar-refractivity contribution is 5.99. The largest absolute Gasteiger partial charge is 0.399 e. The Morgan fingerprint density at radius 3 is 2.67 bits per heavy atom. The lowest BCUT2D eigenvalue weighted by Gasteiger charge is -2.34. The first-order valence-electron chi connectivity index (χ1n) is 6.06. The van der Waals surface area contributed by atoms with Crippen LogP contribution >= 0.6 is 0 Å². The molecule has 1 aromatic carbocycles. The summed E-state index contributed by atoms with van der Waals surface area (Å²) in [6.07, 6.45) is 1.35. The van der Waals surface area contributed by atoms with Gasteiger partial charge in [-0.25, -0.2) is 0 Å². The molecule has 98 valence electrons. The predicted octanol–water partition coefficient (Wildman–Crippen LogP) is 0.694. The maximum atomic E-state index is 12.2. The van der Waals surface area contributed by atoms with Gasteiger partial charge in [0.2, 0.25) is 0 Å². The van der Waals surface area contributed by atoms with Crippen LogP contribution in [0.5, 0.6) is 0 Å². The summed E-state index contributed by atoms with van der Waals surface area (Å²) in [5.74, 6) is 0.290. The second kappa shape index (κ2) is 4.86. The highest BCUT2D eigenvalue weighted by atomic mass is 16.3. The lowest BCUT2D eigenvalue weighted by Crippen LogP contribution is -2.39. The molecular formula is C13H19N3O2. The number of aliphatic hydroxyl groups is 1. The smallest absolute Gasteiger partial charge is 0.255 e. The summed E-state index contributed by atoms with van der Waals surface area (Å²) in [6, 6.07) is 4.91. The van der Waals surface area contributed by atoms with Crippen molar-refractivity contribution in [2.24, 2.45) is 5.92 Å². The molecule has 1 aromatic rings. The van der Waals surface area contributed by atoms with Gasteiger partial charge in [0.25, 0.3) is 5.91 Å². The first-order chi connectivity index (χ1) is 8.47. The summed E-state index contributed by atoms with van der Waals surface area (Å²) >= 11 is 0. The molecule has 0 heterocycles. The molecule has 5 heteroatoms. The molecule has 1 aliphatic carbocycles. The van der Waals surface area contributed by atoms with Crippen LogP contribution in [0.4, 0.5) is 11.4 Å². The fourth-order valence-corrected chi connectivity index (χ4v) is 2.30. The van der Waals surface area contributed by atoms with E-state index in [9.17, 15) is 9.90 Å². The van der Waals surface area contributed by atoms with Crippen LogP contribution < -0.4 is 11.5 Å². The summed E-state index contributed by atoms with van der Waals surface area (Å²) in [7, 11) is 1.75. The molecule has 0 atom stereocenters. The Bertz CT molecular complexity index is 456. The summed E-state index contributed by atoms with van der Waals surface area (Å²) in [5.41, 5.74) is 12.8. The molecule has 1 saturated carbocycles. The van der Waals surface area contributed by atoms with Crippen molar-refractivity contribution in [1.82, 2.24) is 4.90 Å². The van der Waals surface area contributed by atoms with E-state index < -0.39 is 0 Å². The number of nitrogens with two attached hydrogens (primary N) is 2. The molecule has 1 aliphatic rings. The molecule has 1 fully saturated rings. The monoisotopic (exact) mass is 249 g/mol. The summed E-state index contributed by atoms with van der Waals surface area (Å²) < 4.78 is 0. The SMILES string of the molecule is CN(CC1CC(O)C1)C(=O)c1ccc(N)cc1N. The highest BCUT2D eigenvalue weighted by Crippen LogP contribution is 2.28. The molecule has 0 aliphatic heterocycles. The van der Waals surface area contributed by atoms with Gasteiger partial charge in [-0.15, -0.1) is 0 Å². The third-order valence-corrected chi connectivity index (χ3v) is 3.40. The van der Waals surface area contributed by atoms with Crippen molar-refractivity contribution < 1.29 is 9.90 Å². The van der Waals surface area contributed by atoms with Gasteiger partial charge in [-0.05, 0) is 37.0 Å². The summed E-state index contributed by atoms with van der Waals surface area (Å²) in [5, 5.41) is 9.22. The second-order valence-corrected chi connectivity index (χ2v) is 5.02. The van der Waals surface area contributed by atoms with E-state index in [2.05, 4.69) is 0 Å². The Morgan fingerprint density at radius 1 is 1.44 bits per heavy atom. The average Bonchev–Trinajstić information content (AvgIpc) is 2.26. The molecular weight excluding hydrogens is 230 g/mol. The number of nitrogen functional groups attached to an aromatic ring is 2. The van der Waals surface area contributed by atoms with Crippen LogP contribution in [0.15, 0.2) is 18.2 Å². The molecule has 0 aromatic heterocycles. The van der Waals surface area contributed by atoms with Crippen LogP contribution in [0.2, 0.25) is 0 Å². The molecule has 0 saturated heterocycles. The molecule has 0 spiro atoms. The third-order valence-electron chi connectivity index (χ3n) is 3.40. The Labute approximate surface area is 106 Å². The van der Waals surface area contributed by atoms with Crippen LogP contribution in [0.3, 0.4) is 0 Å². The van der Waals surface area contributed by atoms with Crippen LogP contribution in [-0.2, 0) is 0 Å². The molecule has 2 rings (SSSR count). The van der Waals surface area contributed by atoms with Gasteiger partial charge >= 0.3 is 0 Å². The normalized spacial score (nSPS) is 22.3. The first kappa shape index (κ1) is 12.7. The molecule has 5 N–H and O–H groups in total. The fraction of sp³-hybridized carbons (Fsp3) is 0.462. The van der Waals surface area contributed by atoms with Gasteiger partial charge in [0.05, 0.1) is 11.7 Å². The van der Waals surface area contributed by atoms with Gasteiger partial charge in [-0.2, -0.15) is 0 Å². The second-order valence-electron chi connectivity index (χ2n) is 5.02. The van der Waals surface area contributed by atoms with E-state index in [0.717, 1.165) is 12.8 Å². The minimum Gasteiger partial charge on any atom is -0.399 e. The number of nitrogens with zero attached hydrogens (tertiary/aromatic N) is 1. The number of hydrogen-bond donors (Lipinski definition) is 3. The zero-order chi connectivity index (χ0) is 13.3. The molecule has 18 heavy (non-hydrogen) atoms. The van der Waals surface area contributed by atoms with Crippen molar-refractivity contribution in [3.05, 3.63) is 23.8 Å². The number of rotatable bonds is 3. The van der Waals surface area contributed by atoms with Gasteiger partial charge in [0, 0.05) is 25.0 Å². The molecule has 5 nitrogen and oxygen atoms in total. The summed E-state index contributed by atoms with van der Waals surface area (Å²) in [4.78, 5) is 13.8. The molecule has 0 unspecified atom stereocenters. The van der Waals surface area contributed by atoms with Gasteiger partial charge < -0.3 is 21.5 Å². The van der Waals surface area contributed by atoms with E-state index in [4.69, 9.17) is 11.5 Å². The number of aliphatic hydroxyl groups excluding tert-OH is 1. The van der Waals surface area contributed by atoms with Crippen molar-refractivity contribution in [1.29, 1.82) is 0 Å². The van der Waals surface area contributed by atoms with Gasteiger partial charge in [0.1, 0.15) is 0 Å². The lowest BCUT2D eigenvalue weighted by molar-refractivity contribution is 0.0265.